The van der Waals surface area contributed by atoms with Crippen molar-refractivity contribution < 1.29 is 9.90 Å². The molecule has 0 aliphatic carbocycles. The number of carboxylic acid groups (broad SMARTS) is 1. The number of piperidine rings is 1. The number of anilines is 1. The van der Waals surface area contributed by atoms with E-state index in [4.69, 9.17) is 5.11 Å². The highest BCUT2D eigenvalue weighted by Crippen LogP contribution is 2.20. The van der Waals surface area contributed by atoms with E-state index in [0.29, 0.717) is 6.04 Å². The van der Waals surface area contributed by atoms with Crippen LogP contribution in [0.4, 0.5) is 5.82 Å². The zero-order valence-corrected chi connectivity index (χ0v) is 10.8. The Balaban J connectivity index is 2.05. The Hall–Kier alpha value is -1.62. The third-order valence-corrected chi connectivity index (χ3v) is 3.47. The van der Waals surface area contributed by atoms with Crippen molar-refractivity contribution in [3.63, 3.8) is 0 Å². The number of carbonyl (C=O) groups is 1. The van der Waals surface area contributed by atoms with Crippen LogP contribution in [0.15, 0.2) is 18.2 Å². The van der Waals surface area contributed by atoms with Gasteiger partial charge in [-0.25, -0.2) is 9.78 Å². The van der Waals surface area contributed by atoms with Gasteiger partial charge in [-0.2, -0.15) is 0 Å². The summed E-state index contributed by atoms with van der Waals surface area (Å²) in [6.07, 6.45) is 2.18. The van der Waals surface area contributed by atoms with Crippen LogP contribution >= 0.6 is 0 Å². The molecule has 5 heteroatoms. The minimum atomic E-state index is -0.972. The summed E-state index contributed by atoms with van der Waals surface area (Å²) in [6, 6.07) is 5.77. The highest BCUT2D eigenvalue weighted by atomic mass is 16.4. The third kappa shape index (κ3) is 2.79. The number of carboxylic acids is 1. The van der Waals surface area contributed by atoms with E-state index >= 15 is 0 Å². The van der Waals surface area contributed by atoms with E-state index in [0.717, 1.165) is 31.7 Å². The van der Waals surface area contributed by atoms with Crippen molar-refractivity contribution >= 4 is 11.8 Å². The lowest BCUT2D eigenvalue weighted by atomic mass is 10.0. The van der Waals surface area contributed by atoms with Gasteiger partial charge in [0.25, 0.3) is 0 Å². The second-order valence-electron chi connectivity index (χ2n) is 4.87. The number of hydrogen-bond donors (Lipinski definition) is 1. The van der Waals surface area contributed by atoms with Crippen LogP contribution in [0, 0.1) is 0 Å². The van der Waals surface area contributed by atoms with E-state index in [-0.39, 0.29) is 5.69 Å². The van der Waals surface area contributed by atoms with Gasteiger partial charge in [-0.1, -0.05) is 6.07 Å². The van der Waals surface area contributed by atoms with Gasteiger partial charge in [-0.3, -0.25) is 0 Å². The summed E-state index contributed by atoms with van der Waals surface area (Å²) in [5, 5.41) is 8.93. The Labute approximate surface area is 107 Å². The molecule has 0 saturated carbocycles. The molecule has 1 fully saturated rings. The van der Waals surface area contributed by atoms with Gasteiger partial charge in [-0.15, -0.1) is 0 Å². The molecule has 1 aromatic rings. The molecule has 0 aromatic carbocycles. The van der Waals surface area contributed by atoms with Gasteiger partial charge in [-0.05, 0) is 39.1 Å². The first kappa shape index (κ1) is 12.8. The SMILES string of the molecule is CN(C)C1CCN(c2cccc(C(=O)O)n2)CC1. The van der Waals surface area contributed by atoms with E-state index in [1.54, 1.807) is 6.07 Å². The molecule has 1 N–H and O–H groups in total. The normalized spacial score (nSPS) is 17.2. The number of aromatic carboxylic acids is 1. The van der Waals surface area contributed by atoms with Gasteiger partial charge in [0.1, 0.15) is 5.82 Å². The highest BCUT2D eigenvalue weighted by Gasteiger charge is 2.21. The fourth-order valence-electron chi connectivity index (χ4n) is 2.33. The van der Waals surface area contributed by atoms with Crippen LogP contribution in [-0.2, 0) is 0 Å². The number of nitrogens with zero attached hydrogens (tertiary/aromatic N) is 3. The second-order valence-corrected chi connectivity index (χ2v) is 4.87. The molecule has 0 bridgehead atoms. The summed E-state index contributed by atoms with van der Waals surface area (Å²) in [4.78, 5) is 19.5. The van der Waals surface area contributed by atoms with Crippen molar-refractivity contribution in [3.8, 4) is 0 Å². The maximum absolute atomic E-state index is 10.9. The summed E-state index contributed by atoms with van der Waals surface area (Å²) in [5.74, 6) is -0.202. The third-order valence-electron chi connectivity index (χ3n) is 3.47. The van der Waals surface area contributed by atoms with Gasteiger partial charge in [0, 0.05) is 19.1 Å². The number of rotatable bonds is 3. The van der Waals surface area contributed by atoms with Gasteiger partial charge in [0.05, 0.1) is 0 Å². The predicted molar refractivity (Wildman–Crippen MR) is 70.1 cm³/mol. The maximum atomic E-state index is 10.9. The molecule has 1 aromatic heterocycles. The Morgan fingerprint density at radius 2 is 2.06 bits per heavy atom. The molecule has 2 heterocycles. The summed E-state index contributed by atoms with van der Waals surface area (Å²) < 4.78 is 0. The minimum Gasteiger partial charge on any atom is -0.477 e. The van der Waals surface area contributed by atoms with Crippen LogP contribution in [-0.4, -0.2) is 54.2 Å². The maximum Gasteiger partial charge on any atom is 0.354 e. The predicted octanol–water partition coefficient (Wildman–Crippen LogP) is 1.31. The molecule has 0 atom stereocenters. The lowest BCUT2D eigenvalue weighted by Crippen LogP contribution is -2.42. The van der Waals surface area contributed by atoms with Crippen LogP contribution in [0.1, 0.15) is 23.3 Å². The average molecular weight is 249 g/mol. The van der Waals surface area contributed by atoms with Crippen LogP contribution < -0.4 is 4.90 Å². The minimum absolute atomic E-state index is 0.113. The summed E-state index contributed by atoms with van der Waals surface area (Å²) >= 11 is 0. The Kier molecular flexibility index (Phi) is 3.81. The van der Waals surface area contributed by atoms with Gasteiger partial charge in [0.15, 0.2) is 5.69 Å². The largest absolute Gasteiger partial charge is 0.477 e. The molecule has 1 aliphatic rings. The molecule has 98 valence electrons. The van der Waals surface area contributed by atoms with Gasteiger partial charge >= 0.3 is 5.97 Å². The van der Waals surface area contributed by atoms with Gasteiger partial charge in [0.2, 0.25) is 0 Å². The molecule has 2 rings (SSSR count). The molecule has 0 spiro atoms. The average Bonchev–Trinajstić information content (AvgIpc) is 2.39. The molecular weight excluding hydrogens is 230 g/mol. The monoisotopic (exact) mass is 249 g/mol. The number of aromatic nitrogens is 1. The number of hydrogen-bond acceptors (Lipinski definition) is 4. The quantitative estimate of drug-likeness (QED) is 0.875. The summed E-state index contributed by atoms with van der Waals surface area (Å²) in [5.41, 5.74) is 0.113. The Morgan fingerprint density at radius 3 is 2.61 bits per heavy atom. The van der Waals surface area contributed by atoms with E-state index in [1.165, 1.54) is 6.07 Å². The molecule has 18 heavy (non-hydrogen) atoms. The van der Waals surface area contributed by atoms with Crippen molar-refractivity contribution in [2.45, 2.75) is 18.9 Å². The van der Waals surface area contributed by atoms with E-state index in [9.17, 15) is 4.79 Å². The highest BCUT2D eigenvalue weighted by molar-refractivity contribution is 5.85. The smallest absolute Gasteiger partial charge is 0.354 e. The van der Waals surface area contributed by atoms with Crippen LogP contribution in [0.3, 0.4) is 0 Å². The van der Waals surface area contributed by atoms with Crippen LogP contribution in [0.5, 0.6) is 0 Å². The molecular formula is C13H19N3O2. The summed E-state index contributed by atoms with van der Waals surface area (Å²) in [7, 11) is 4.20. The van der Waals surface area contributed by atoms with E-state index in [1.807, 2.05) is 6.07 Å². The first-order valence-corrected chi connectivity index (χ1v) is 6.19. The molecule has 1 saturated heterocycles. The molecule has 0 unspecified atom stereocenters. The summed E-state index contributed by atoms with van der Waals surface area (Å²) in [6.45, 7) is 1.86. The van der Waals surface area contributed by atoms with Crippen LogP contribution in [0.25, 0.3) is 0 Å². The van der Waals surface area contributed by atoms with Crippen molar-refractivity contribution in [3.05, 3.63) is 23.9 Å². The first-order chi connectivity index (χ1) is 8.58. The Morgan fingerprint density at radius 1 is 1.39 bits per heavy atom. The number of pyridine rings is 1. The second kappa shape index (κ2) is 5.35. The van der Waals surface area contributed by atoms with Crippen molar-refractivity contribution in [1.82, 2.24) is 9.88 Å². The molecule has 1 aliphatic heterocycles. The lowest BCUT2D eigenvalue weighted by Gasteiger charge is -2.35. The lowest BCUT2D eigenvalue weighted by molar-refractivity contribution is 0.0690. The fraction of sp³-hybridized carbons (Fsp3) is 0.538. The van der Waals surface area contributed by atoms with E-state index in [2.05, 4.69) is 28.9 Å². The first-order valence-electron chi connectivity index (χ1n) is 6.19. The van der Waals surface area contributed by atoms with Crippen LogP contribution in [0.2, 0.25) is 0 Å². The molecule has 0 radical (unpaired) electrons. The van der Waals surface area contributed by atoms with Crippen molar-refractivity contribution in [2.24, 2.45) is 0 Å². The molecule has 0 amide bonds. The van der Waals surface area contributed by atoms with Gasteiger partial charge < -0.3 is 14.9 Å². The standard InChI is InChI=1S/C13H19N3O2/c1-15(2)10-6-8-16(9-7-10)12-5-3-4-11(14-12)13(17)18/h3-5,10H,6-9H2,1-2H3,(H,17,18). The topological polar surface area (TPSA) is 56.7 Å². The van der Waals surface area contributed by atoms with Crippen molar-refractivity contribution in [1.29, 1.82) is 0 Å². The van der Waals surface area contributed by atoms with E-state index < -0.39 is 5.97 Å². The zero-order chi connectivity index (χ0) is 13.1. The molecule has 5 nitrogen and oxygen atoms in total. The Bertz CT molecular complexity index is 426. The fourth-order valence-corrected chi connectivity index (χ4v) is 2.33. The van der Waals surface area contributed by atoms with Crippen molar-refractivity contribution in [2.75, 3.05) is 32.1 Å². The zero-order valence-electron chi connectivity index (χ0n) is 10.8.